The molecule has 35 heavy (non-hydrogen) atoms. The molecule has 184 valence electrons. The number of nitrogens with one attached hydrogen (secondary N) is 1. The molecule has 0 spiro atoms. The van der Waals surface area contributed by atoms with Crippen molar-refractivity contribution in [1.82, 2.24) is 10.2 Å². The first kappa shape index (κ1) is 26.1. The lowest BCUT2D eigenvalue weighted by Crippen LogP contribution is -2.45. The average molecular weight is 495 g/mol. The molecule has 3 aromatic rings. The molecule has 0 bridgehead atoms. The summed E-state index contributed by atoms with van der Waals surface area (Å²) < 4.78 is 11.0. The van der Waals surface area contributed by atoms with Gasteiger partial charge in [0.2, 0.25) is 5.91 Å². The van der Waals surface area contributed by atoms with Crippen LogP contribution in [0.15, 0.2) is 78.9 Å². The van der Waals surface area contributed by atoms with Gasteiger partial charge in [0.1, 0.15) is 17.5 Å². The Morgan fingerprint density at radius 2 is 1.60 bits per heavy atom. The Labute approximate surface area is 211 Å². The van der Waals surface area contributed by atoms with E-state index in [1.165, 1.54) is 0 Å². The summed E-state index contributed by atoms with van der Waals surface area (Å²) in [7, 11) is 1.60. The predicted octanol–water partition coefficient (Wildman–Crippen LogP) is 5.27. The molecule has 0 aliphatic rings. The Hall–Kier alpha value is -3.51. The molecule has 1 atom stereocenters. The van der Waals surface area contributed by atoms with E-state index in [-0.39, 0.29) is 30.9 Å². The van der Waals surface area contributed by atoms with E-state index >= 15 is 0 Å². The van der Waals surface area contributed by atoms with Crippen LogP contribution in [0.1, 0.15) is 31.0 Å². The second kappa shape index (κ2) is 12.8. The van der Waals surface area contributed by atoms with E-state index in [1.807, 2.05) is 68.4 Å². The number of hydrogen-bond acceptors (Lipinski definition) is 4. The Morgan fingerprint density at radius 3 is 2.23 bits per heavy atom. The van der Waals surface area contributed by atoms with Crippen LogP contribution in [-0.2, 0) is 16.1 Å². The molecule has 2 amide bonds. The molecule has 3 rings (SSSR count). The number of ether oxygens (including phenoxy) is 2. The number of benzene rings is 3. The number of carbonyl (C=O) groups is 2. The van der Waals surface area contributed by atoms with Crippen molar-refractivity contribution in [2.24, 2.45) is 5.92 Å². The van der Waals surface area contributed by atoms with E-state index in [1.54, 1.807) is 36.3 Å². The summed E-state index contributed by atoms with van der Waals surface area (Å²) in [6, 6.07) is 22.8. The van der Waals surface area contributed by atoms with Crippen LogP contribution < -0.4 is 14.8 Å². The highest BCUT2D eigenvalue weighted by molar-refractivity contribution is 6.32. The lowest BCUT2D eigenvalue weighted by Gasteiger charge is -2.32. The molecule has 7 heteroatoms. The standard InChI is InChI=1S/C28H31ClN2O4/c1-20(2)17-30-28(33)27(22-9-5-4-6-10-22)31(18-21-13-15-23(34-3)16-14-21)26(32)19-35-25-12-8-7-11-24(25)29/h4-16,20,27H,17-19H2,1-3H3,(H,30,33)/t27-/m0/s1. The molecule has 0 unspecified atom stereocenters. The zero-order valence-electron chi connectivity index (χ0n) is 20.2. The van der Waals surface area contributed by atoms with E-state index in [4.69, 9.17) is 21.1 Å². The maximum absolute atomic E-state index is 13.6. The quantitative estimate of drug-likeness (QED) is 0.394. The van der Waals surface area contributed by atoms with Crippen molar-refractivity contribution in [1.29, 1.82) is 0 Å². The lowest BCUT2D eigenvalue weighted by molar-refractivity contribution is -0.143. The highest BCUT2D eigenvalue weighted by Gasteiger charge is 2.32. The fraction of sp³-hybridized carbons (Fsp3) is 0.286. The van der Waals surface area contributed by atoms with Crippen molar-refractivity contribution in [3.8, 4) is 11.5 Å². The average Bonchev–Trinajstić information content (AvgIpc) is 2.87. The lowest BCUT2D eigenvalue weighted by atomic mass is 10.0. The number of nitrogens with zero attached hydrogens (tertiary/aromatic N) is 1. The Bertz CT molecular complexity index is 1100. The van der Waals surface area contributed by atoms with Crippen LogP contribution >= 0.6 is 11.6 Å². The number of hydrogen-bond donors (Lipinski definition) is 1. The minimum Gasteiger partial charge on any atom is -0.497 e. The smallest absolute Gasteiger partial charge is 0.261 e. The molecule has 0 saturated heterocycles. The van der Waals surface area contributed by atoms with E-state index in [0.717, 1.165) is 5.56 Å². The van der Waals surface area contributed by atoms with Crippen molar-refractivity contribution in [2.75, 3.05) is 20.3 Å². The highest BCUT2D eigenvalue weighted by atomic mass is 35.5. The molecule has 0 aliphatic carbocycles. The number of para-hydroxylation sites is 1. The van der Waals surface area contributed by atoms with Crippen LogP contribution in [0.5, 0.6) is 11.5 Å². The summed E-state index contributed by atoms with van der Waals surface area (Å²) in [4.78, 5) is 28.5. The van der Waals surface area contributed by atoms with Gasteiger partial charge in [0.25, 0.3) is 5.91 Å². The highest BCUT2D eigenvalue weighted by Crippen LogP contribution is 2.27. The van der Waals surface area contributed by atoms with Crippen molar-refractivity contribution in [3.05, 3.63) is 95.0 Å². The van der Waals surface area contributed by atoms with Gasteiger partial charge in [0, 0.05) is 13.1 Å². The van der Waals surface area contributed by atoms with Gasteiger partial charge >= 0.3 is 0 Å². The van der Waals surface area contributed by atoms with Crippen LogP contribution in [0.4, 0.5) is 0 Å². The summed E-state index contributed by atoms with van der Waals surface area (Å²) >= 11 is 6.20. The third-order valence-electron chi connectivity index (χ3n) is 5.38. The Morgan fingerprint density at radius 1 is 0.943 bits per heavy atom. The third-order valence-corrected chi connectivity index (χ3v) is 5.69. The maximum atomic E-state index is 13.6. The number of methoxy groups -OCH3 is 1. The van der Waals surface area contributed by atoms with E-state index < -0.39 is 6.04 Å². The predicted molar refractivity (Wildman–Crippen MR) is 138 cm³/mol. The first-order chi connectivity index (χ1) is 16.9. The Balaban J connectivity index is 1.93. The van der Waals surface area contributed by atoms with Gasteiger partial charge in [-0.15, -0.1) is 0 Å². The minimum absolute atomic E-state index is 0.212. The largest absolute Gasteiger partial charge is 0.497 e. The zero-order valence-corrected chi connectivity index (χ0v) is 21.0. The van der Waals surface area contributed by atoms with E-state index in [0.29, 0.717) is 28.6 Å². The van der Waals surface area contributed by atoms with Crippen LogP contribution in [-0.4, -0.2) is 37.0 Å². The van der Waals surface area contributed by atoms with Gasteiger partial charge in [-0.05, 0) is 41.3 Å². The number of carbonyl (C=O) groups excluding carboxylic acids is 2. The summed E-state index contributed by atoms with van der Waals surface area (Å²) in [5.41, 5.74) is 1.57. The molecular formula is C28H31ClN2O4. The number of amides is 2. The van der Waals surface area contributed by atoms with Gasteiger partial charge in [-0.2, -0.15) is 0 Å². The second-order valence-electron chi connectivity index (χ2n) is 8.54. The fourth-order valence-corrected chi connectivity index (χ4v) is 3.74. The van der Waals surface area contributed by atoms with Gasteiger partial charge in [0.15, 0.2) is 6.61 Å². The zero-order chi connectivity index (χ0) is 25.2. The number of halogens is 1. The van der Waals surface area contributed by atoms with E-state index in [9.17, 15) is 9.59 Å². The Kier molecular flexibility index (Phi) is 9.56. The topological polar surface area (TPSA) is 67.9 Å². The van der Waals surface area contributed by atoms with Crippen molar-refractivity contribution in [2.45, 2.75) is 26.4 Å². The molecule has 0 aromatic heterocycles. The van der Waals surface area contributed by atoms with Gasteiger partial charge in [-0.25, -0.2) is 0 Å². The summed E-state index contributed by atoms with van der Waals surface area (Å²) in [6.45, 7) is 4.50. The van der Waals surface area contributed by atoms with Crippen LogP contribution in [0.25, 0.3) is 0 Å². The van der Waals surface area contributed by atoms with Gasteiger partial charge in [0.05, 0.1) is 12.1 Å². The van der Waals surface area contributed by atoms with Crippen LogP contribution in [0, 0.1) is 5.92 Å². The third kappa shape index (κ3) is 7.49. The first-order valence-electron chi connectivity index (χ1n) is 11.5. The summed E-state index contributed by atoms with van der Waals surface area (Å²) in [5.74, 6) is 0.805. The first-order valence-corrected chi connectivity index (χ1v) is 11.9. The van der Waals surface area contributed by atoms with Gasteiger partial charge in [-0.3, -0.25) is 9.59 Å². The molecule has 0 saturated carbocycles. The molecule has 0 heterocycles. The molecule has 0 aliphatic heterocycles. The van der Waals surface area contributed by atoms with Crippen LogP contribution in [0.2, 0.25) is 5.02 Å². The minimum atomic E-state index is -0.834. The molecule has 3 aromatic carbocycles. The summed E-state index contributed by atoms with van der Waals surface area (Å²) in [6.07, 6.45) is 0. The fourth-order valence-electron chi connectivity index (χ4n) is 3.54. The molecule has 0 radical (unpaired) electrons. The van der Waals surface area contributed by atoms with Crippen molar-refractivity contribution < 1.29 is 19.1 Å². The SMILES string of the molecule is COc1ccc(CN(C(=O)COc2ccccc2Cl)[C@H](C(=O)NCC(C)C)c2ccccc2)cc1. The van der Waals surface area contributed by atoms with Crippen molar-refractivity contribution >= 4 is 23.4 Å². The maximum Gasteiger partial charge on any atom is 0.261 e. The van der Waals surface area contributed by atoms with E-state index in [2.05, 4.69) is 5.32 Å². The van der Waals surface area contributed by atoms with Gasteiger partial charge < -0.3 is 19.7 Å². The van der Waals surface area contributed by atoms with Gasteiger partial charge in [-0.1, -0.05) is 80.0 Å². The van der Waals surface area contributed by atoms with Crippen molar-refractivity contribution in [3.63, 3.8) is 0 Å². The molecule has 6 nitrogen and oxygen atoms in total. The molecular weight excluding hydrogens is 464 g/mol. The number of rotatable bonds is 11. The second-order valence-corrected chi connectivity index (χ2v) is 8.95. The monoisotopic (exact) mass is 494 g/mol. The summed E-state index contributed by atoms with van der Waals surface area (Å²) in [5, 5.41) is 3.40. The van der Waals surface area contributed by atoms with Crippen LogP contribution in [0.3, 0.4) is 0 Å². The molecule has 1 N–H and O–H groups in total. The normalized spacial score (nSPS) is 11.6. The molecule has 0 fully saturated rings.